The van der Waals surface area contributed by atoms with Gasteiger partial charge in [0.05, 0.1) is 11.1 Å². The molecule has 0 aliphatic carbocycles. The standard InChI is InChI=1S/C28H31N7O6/c36-24-6-4-22(25(37)29-24)35-26(38)19-2-1-18(15-20(19)27(35)39)33-13-11-32(12-14-33)16-17-7-9-34(10-8-17)23-5-3-21(28(40)41)30-31-23/h1-3,5,15,17,22H,4,6-14,16H2,(H,40,41)(H,29,36,37). The summed E-state index contributed by atoms with van der Waals surface area (Å²) in [5, 5.41) is 19.1. The molecule has 13 heteroatoms. The van der Waals surface area contributed by atoms with Crippen molar-refractivity contribution in [2.45, 2.75) is 31.7 Å². The van der Waals surface area contributed by atoms with Crippen LogP contribution in [0.2, 0.25) is 0 Å². The fourth-order valence-electron chi connectivity index (χ4n) is 6.16. The highest BCUT2D eigenvalue weighted by Crippen LogP contribution is 2.31. The van der Waals surface area contributed by atoms with Gasteiger partial charge in [-0.05, 0) is 55.5 Å². The second-order valence-corrected chi connectivity index (χ2v) is 11.0. The molecule has 6 rings (SSSR count). The molecule has 1 unspecified atom stereocenters. The monoisotopic (exact) mass is 561 g/mol. The van der Waals surface area contributed by atoms with Crippen molar-refractivity contribution in [2.24, 2.45) is 5.92 Å². The zero-order valence-electron chi connectivity index (χ0n) is 22.5. The molecule has 0 spiro atoms. The number of hydrogen-bond donors (Lipinski definition) is 2. The van der Waals surface area contributed by atoms with E-state index in [4.69, 9.17) is 5.11 Å². The molecule has 0 saturated carbocycles. The average molecular weight is 562 g/mol. The van der Waals surface area contributed by atoms with Gasteiger partial charge in [-0.25, -0.2) is 4.79 Å². The molecule has 1 aromatic carbocycles. The number of anilines is 2. The maximum absolute atomic E-state index is 13.2. The molecule has 2 N–H and O–H groups in total. The van der Waals surface area contributed by atoms with Gasteiger partial charge in [0.15, 0.2) is 11.5 Å². The highest BCUT2D eigenvalue weighted by molar-refractivity contribution is 6.23. The molecule has 5 heterocycles. The lowest BCUT2D eigenvalue weighted by molar-refractivity contribution is -0.136. The van der Waals surface area contributed by atoms with Gasteiger partial charge in [0, 0.05) is 57.9 Å². The van der Waals surface area contributed by atoms with Gasteiger partial charge >= 0.3 is 5.97 Å². The average Bonchev–Trinajstić information content (AvgIpc) is 3.23. The number of amides is 4. The molecule has 0 radical (unpaired) electrons. The number of carboxylic acid groups (broad SMARTS) is 1. The first-order valence-corrected chi connectivity index (χ1v) is 13.9. The molecule has 4 aliphatic rings. The maximum atomic E-state index is 13.2. The Morgan fingerprint density at radius 1 is 0.854 bits per heavy atom. The zero-order valence-corrected chi connectivity index (χ0v) is 22.5. The molecule has 13 nitrogen and oxygen atoms in total. The van der Waals surface area contributed by atoms with E-state index in [9.17, 15) is 24.0 Å². The third-order valence-electron chi connectivity index (χ3n) is 8.49. The number of rotatable bonds is 6. The van der Waals surface area contributed by atoms with E-state index in [0.29, 0.717) is 17.3 Å². The normalized spacial score (nSPS) is 22.2. The van der Waals surface area contributed by atoms with Crippen LogP contribution in [-0.4, -0.2) is 107 Å². The number of carboxylic acids is 1. The first-order chi connectivity index (χ1) is 19.8. The summed E-state index contributed by atoms with van der Waals surface area (Å²) in [6, 6.07) is 7.50. The van der Waals surface area contributed by atoms with Crippen molar-refractivity contribution in [3.63, 3.8) is 0 Å². The number of carbonyl (C=O) groups excluding carboxylic acids is 4. The second-order valence-electron chi connectivity index (χ2n) is 11.0. The summed E-state index contributed by atoms with van der Waals surface area (Å²) in [5.74, 6) is -1.81. The minimum Gasteiger partial charge on any atom is -0.476 e. The van der Waals surface area contributed by atoms with Gasteiger partial charge in [0.1, 0.15) is 6.04 Å². The van der Waals surface area contributed by atoms with Gasteiger partial charge in [0.25, 0.3) is 11.8 Å². The van der Waals surface area contributed by atoms with E-state index in [0.717, 1.165) is 69.2 Å². The van der Waals surface area contributed by atoms with Gasteiger partial charge in [0.2, 0.25) is 11.8 Å². The van der Waals surface area contributed by atoms with Crippen molar-refractivity contribution < 1.29 is 29.1 Å². The molecule has 4 aliphatic heterocycles. The molecule has 3 fully saturated rings. The Balaban J connectivity index is 1.01. The van der Waals surface area contributed by atoms with Crippen LogP contribution >= 0.6 is 0 Å². The smallest absolute Gasteiger partial charge is 0.356 e. The molecule has 1 atom stereocenters. The Kier molecular flexibility index (Phi) is 7.12. The van der Waals surface area contributed by atoms with Crippen LogP contribution in [-0.2, 0) is 9.59 Å². The van der Waals surface area contributed by atoms with Gasteiger partial charge in [-0.2, -0.15) is 0 Å². The van der Waals surface area contributed by atoms with Crippen molar-refractivity contribution in [2.75, 3.05) is 55.6 Å². The highest BCUT2D eigenvalue weighted by atomic mass is 16.4. The summed E-state index contributed by atoms with van der Waals surface area (Å²) in [6.07, 6.45) is 2.27. The van der Waals surface area contributed by atoms with Gasteiger partial charge in [-0.3, -0.25) is 34.3 Å². The Morgan fingerprint density at radius 2 is 1.59 bits per heavy atom. The molecular formula is C28H31N7O6. The number of aromatic carboxylic acids is 1. The quantitative estimate of drug-likeness (QED) is 0.477. The predicted molar refractivity (Wildman–Crippen MR) is 146 cm³/mol. The Labute approximate surface area is 236 Å². The van der Waals surface area contributed by atoms with Crippen LogP contribution in [0.15, 0.2) is 30.3 Å². The lowest BCUT2D eigenvalue weighted by Gasteiger charge is -2.39. The van der Waals surface area contributed by atoms with Gasteiger partial charge < -0.3 is 14.9 Å². The summed E-state index contributed by atoms with van der Waals surface area (Å²) in [5.41, 5.74) is 1.40. The van der Waals surface area contributed by atoms with Crippen LogP contribution in [0.3, 0.4) is 0 Å². The number of nitrogens with zero attached hydrogens (tertiary/aromatic N) is 6. The van der Waals surface area contributed by atoms with E-state index in [1.165, 1.54) is 6.07 Å². The first-order valence-electron chi connectivity index (χ1n) is 13.9. The summed E-state index contributed by atoms with van der Waals surface area (Å²) in [4.78, 5) is 68.8. The molecular weight excluding hydrogens is 530 g/mol. The van der Waals surface area contributed by atoms with Crippen LogP contribution < -0.4 is 15.1 Å². The molecule has 0 bridgehead atoms. The van der Waals surface area contributed by atoms with E-state index in [1.807, 2.05) is 6.07 Å². The number of benzene rings is 1. The molecule has 4 amide bonds. The van der Waals surface area contributed by atoms with Gasteiger partial charge in [-0.1, -0.05) is 0 Å². The molecule has 2 aromatic rings. The van der Waals surface area contributed by atoms with Crippen LogP contribution in [0, 0.1) is 5.92 Å². The van der Waals surface area contributed by atoms with Crippen LogP contribution in [0.1, 0.15) is 56.9 Å². The zero-order chi connectivity index (χ0) is 28.7. The summed E-state index contributed by atoms with van der Waals surface area (Å²) < 4.78 is 0. The number of aromatic nitrogens is 2. The highest BCUT2D eigenvalue weighted by Gasteiger charge is 2.44. The first kappa shape index (κ1) is 26.8. The Hall–Kier alpha value is -4.39. The predicted octanol–water partition coefficient (Wildman–Crippen LogP) is 0.615. The van der Waals surface area contributed by atoms with Crippen molar-refractivity contribution in [1.82, 2.24) is 25.3 Å². The number of carbonyl (C=O) groups is 5. The van der Waals surface area contributed by atoms with E-state index >= 15 is 0 Å². The minimum atomic E-state index is -1.08. The van der Waals surface area contributed by atoms with E-state index in [1.54, 1.807) is 18.2 Å². The van der Waals surface area contributed by atoms with Crippen molar-refractivity contribution in [3.8, 4) is 0 Å². The third-order valence-corrected chi connectivity index (χ3v) is 8.49. The fourth-order valence-corrected chi connectivity index (χ4v) is 6.16. The van der Waals surface area contributed by atoms with Crippen LogP contribution in [0.25, 0.3) is 0 Å². The Morgan fingerprint density at radius 3 is 2.24 bits per heavy atom. The molecule has 41 heavy (non-hydrogen) atoms. The van der Waals surface area contributed by atoms with Crippen LogP contribution in [0.5, 0.6) is 0 Å². The number of piperazine rings is 1. The fraction of sp³-hybridized carbons (Fsp3) is 0.464. The Bertz CT molecular complexity index is 1400. The second kappa shape index (κ2) is 10.9. The van der Waals surface area contributed by atoms with E-state index in [2.05, 4.69) is 30.2 Å². The SMILES string of the molecule is O=C1CCC(N2C(=O)c3ccc(N4CCN(CC5CCN(c6ccc(C(=O)O)nn6)CC5)CC4)cc3C2=O)C(=O)N1. The number of hydrogen-bond acceptors (Lipinski definition) is 10. The number of piperidine rings is 2. The lowest BCUT2D eigenvalue weighted by Crippen LogP contribution is -2.54. The summed E-state index contributed by atoms with van der Waals surface area (Å²) in [7, 11) is 0. The summed E-state index contributed by atoms with van der Waals surface area (Å²) >= 11 is 0. The van der Waals surface area contributed by atoms with E-state index < -0.39 is 35.6 Å². The molecule has 214 valence electrons. The van der Waals surface area contributed by atoms with Crippen molar-refractivity contribution in [1.29, 1.82) is 0 Å². The number of nitrogens with one attached hydrogen (secondary N) is 1. The largest absolute Gasteiger partial charge is 0.476 e. The number of imide groups is 2. The van der Waals surface area contributed by atoms with Gasteiger partial charge in [-0.15, -0.1) is 10.2 Å². The minimum absolute atomic E-state index is 0.0584. The van der Waals surface area contributed by atoms with Crippen molar-refractivity contribution in [3.05, 3.63) is 47.2 Å². The summed E-state index contributed by atoms with van der Waals surface area (Å²) in [6.45, 7) is 6.06. The molecule has 1 aromatic heterocycles. The van der Waals surface area contributed by atoms with E-state index in [-0.39, 0.29) is 24.1 Å². The van der Waals surface area contributed by atoms with Crippen molar-refractivity contribution >= 4 is 41.1 Å². The lowest BCUT2D eigenvalue weighted by atomic mass is 9.96. The molecule has 3 saturated heterocycles. The number of fused-ring (bicyclic) bond motifs is 1. The van der Waals surface area contributed by atoms with Crippen LogP contribution in [0.4, 0.5) is 11.5 Å². The third kappa shape index (κ3) is 5.24. The topological polar surface area (TPSA) is 156 Å². The maximum Gasteiger partial charge on any atom is 0.356 e.